The molecule has 0 unspecified atom stereocenters. The van der Waals surface area contributed by atoms with E-state index in [2.05, 4.69) is 5.10 Å². The Morgan fingerprint density at radius 3 is 2.43 bits per heavy atom. The fraction of sp³-hybridized carbons (Fsp3) is 0.190. The molecular formula is C21H19ClN2O3S. The van der Waals surface area contributed by atoms with Crippen LogP contribution in [0.3, 0.4) is 0 Å². The minimum absolute atomic E-state index is 0.183. The molecule has 1 aromatic heterocycles. The van der Waals surface area contributed by atoms with E-state index in [9.17, 15) is 9.59 Å². The maximum atomic E-state index is 12.5. The summed E-state index contributed by atoms with van der Waals surface area (Å²) in [5, 5.41) is 4.52. The van der Waals surface area contributed by atoms with Crippen molar-refractivity contribution in [1.82, 2.24) is 9.78 Å². The zero-order valence-electron chi connectivity index (χ0n) is 15.5. The molecule has 144 valence electrons. The number of thioether (sulfide) groups is 1. The lowest BCUT2D eigenvalue weighted by atomic mass is 10.1. The second kappa shape index (κ2) is 9.08. The van der Waals surface area contributed by atoms with Gasteiger partial charge in [-0.05, 0) is 30.9 Å². The molecule has 3 rings (SSSR count). The Kier molecular flexibility index (Phi) is 6.54. The summed E-state index contributed by atoms with van der Waals surface area (Å²) in [7, 11) is 0. The lowest BCUT2D eigenvalue weighted by Gasteiger charge is -2.06. The van der Waals surface area contributed by atoms with Crippen LogP contribution in [0.5, 0.6) is 0 Å². The second-order valence-electron chi connectivity index (χ2n) is 6.12. The number of carbonyl (C=O) groups is 2. The van der Waals surface area contributed by atoms with Crippen molar-refractivity contribution in [2.24, 2.45) is 0 Å². The quantitative estimate of drug-likeness (QED) is 0.320. The predicted molar refractivity (Wildman–Crippen MR) is 110 cm³/mol. The maximum absolute atomic E-state index is 12.5. The number of Topliss-reactive ketones (excluding diaryl/α,β-unsaturated/α-hetero) is 1. The van der Waals surface area contributed by atoms with E-state index in [1.165, 1.54) is 0 Å². The molecule has 28 heavy (non-hydrogen) atoms. The highest BCUT2D eigenvalue weighted by Gasteiger charge is 2.22. The van der Waals surface area contributed by atoms with E-state index in [0.717, 1.165) is 10.5 Å². The maximum Gasteiger partial charge on any atom is 0.343 e. The molecule has 0 amide bonds. The van der Waals surface area contributed by atoms with Crippen molar-refractivity contribution >= 4 is 35.1 Å². The number of esters is 1. The topological polar surface area (TPSA) is 61.2 Å². The number of aryl methyl sites for hydroxylation is 1. The molecule has 0 radical (unpaired) electrons. The Bertz CT molecular complexity index is 985. The number of carbonyl (C=O) groups excluding carboxylic acids is 2. The molecule has 0 saturated heterocycles. The number of benzene rings is 2. The molecular weight excluding hydrogens is 396 g/mol. The monoisotopic (exact) mass is 414 g/mol. The van der Waals surface area contributed by atoms with Gasteiger partial charge in [-0.3, -0.25) is 4.79 Å². The number of hydrogen-bond donors (Lipinski definition) is 0. The lowest BCUT2D eigenvalue weighted by Crippen LogP contribution is -2.15. The molecule has 1 heterocycles. The van der Waals surface area contributed by atoms with Crippen molar-refractivity contribution in [3.8, 4) is 0 Å². The average molecular weight is 415 g/mol. The SMILES string of the molecule is CSc1ccc(C(=O)COC(=O)c2c(C)nn(Cc3ccccc3)c2Cl)cc1. The van der Waals surface area contributed by atoms with Gasteiger partial charge in [0, 0.05) is 10.5 Å². The van der Waals surface area contributed by atoms with Gasteiger partial charge < -0.3 is 4.74 Å². The molecule has 0 fully saturated rings. The van der Waals surface area contributed by atoms with Crippen LogP contribution in [0.2, 0.25) is 5.15 Å². The van der Waals surface area contributed by atoms with Gasteiger partial charge in [-0.2, -0.15) is 5.10 Å². The van der Waals surface area contributed by atoms with E-state index < -0.39 is 5.97 Å². The van der Waals surface area contributed by atoms with Crippen LogP contribution < -0.4 is 0 Å². The standard InChI is InChI=1S/C21H19ClN2O3S/c1-14-19(20(22)24(23-14)12-15-6-4-3-5-7-15)21(26)27-13-18(25)16-8-10-17(28-2)11-9-16/h3-11H,12-13H2,1-2H3. The highest BCUT2D eigenvalue weighted by Crippen LogP contribution is 2.22. The number of aromatic nitrogens is 2. The highest BCUT2D eigenvalue weighted by atomic mass is 35.5. The van der Waals surface area contributed by atoms with E-state index >= 15 is 0 Å². The van der Waals surface area contributed by atoms with E-state index in [0.29, 0.717) is 17.8 Å². The minimum atomic E-state index is -0.657. The number of nitrogens with zero attached hydrogens (tertiary/aromatic N) is 2. The molecule has 0 N–H and O–H groups in total. The smallest absolute Gasteiger partial charge is 0.343 e. The first-order valence-electron chi connectivity index (χ1n) is 8.61. The molecule has 7 heteroatoms. The summed E-state index contributed by atoms with van der Waals surface area (Å²) < 4.78 is 6.74. The molecule has 5 nitrogen and oxygen atoms in total. The van der Waals surface area contributed by atoms with Crippen molar-refractivity contribution in [2.75, 3.05) is 12.9 Å². The van der Waals surface area contributed by atoms with Crippen LogP contribution in [-0.2, 0) is 11.3 Å². The first kappa shape index (κ1) is 20.2. The van der Waals surface area contributed by atoms with Crippen LogP contribution in [0.4, 0.5) is 0 Å². The van der Waals surface area contributed by atoms with Crippen molar-refractivity contribution in [3.63, 3.8) is 0 Å². The van der Waals surface area contributed by atoms with E-state index in [-0.39, 0.29) is 23.1 Å². The Hall–Kier alpha value is -2.57. The molecule has 0 saturated carbocycles. The summed E-state index contributed by atoms with van der Waals surface area (Å²) >= 11 is 7.94. The molecule has 0 spiro atoms. The van der Waals surface area contributed by atoms with Crippen LogP contribution in [-0.4, -0.2) is 34.4 Å². The van der Waals surface area contributed by atoms with Crippen LogP contribution in [0.1, 0.15) is 32.0 Å². The number of hydrogen-bond acceptors (Lipinski definition) is 5. The third-order valence-electron chi connectivity index (χ3n) is 4.19. The highest BCUT2D eigenvalue weighted by molar-refractivity contribution is 7.98. The first-order chi connectivity index (χ1) is 13.5. The third-order valence-corrected chi connectivity index (χ3v) is 5.32. The van der Waals surface area contributed by atoms with Gasteiger partial charge in [-0.15, -0.1) is 11.8 Å². The molecule has 3 aromatic rings. The molecule has 2 aromatic carbocycles. The van der Waals surface area contributed by atoms with Gasteiger partial charge in [0.05, 0.1) is 12.2 Å². The zero-order chi connectivity index (χ0) is 20.1. The van der Waals surface area contributed by atoms with Crippen LogP contribution >= 0.6 is 23.4 Å². The van der Waals surface area contributed by atoms with Gasteiger partial charge in [0.25, 0.3) is 0 Å². The Morgan fingerprint density at radius 1 is 1.11 bits per heavy atom. The van der Waals surface area contributed by atoms with Gasteiger partial charge in [-0.25, -0.2) is 9.48 Å². The van der Waals surface area contributed by atoms with E-state index in [4.69, 9.17) is 16.3 Å². The largest absolute Gasteiger partial charge is 0.454 e. The van der Waals surface area contributed by atoms with E-state index in [1.807, 2.05) is 48.7 Å². The molecule has 0 aliphatic carbocycles. The Balaban J connectivity index is 1.67. The third kappa shape index (κ3) is 4.64. The number of rotatable bonds is 7. The molecule has 0 atom stereocenters. The van der Waals surface area contributed by atoms with Crippen molar-refractivity contribution in [1.29, 1.82) is 0 Å². The number of ketones is 1. The normalized spacial score (nSPS) is 10.7. The van der Waals surface area contributed by atoms with Crippen LogP contribution in [0.25, 0.3) is 0 Å². The van der Waals surface area contributed by atoms with Crippen molar-refractivity contribution < 1.29 is 14.3 Å². The summed E-state index contributed by atoms with van der Waals surface area (Å²) in [5.74, 6) is -0.928. The molecule has 0 aliphatic heterocycles. The minimum Gasteiger partial charge on any atom is -0.454 e. The fourth-order valence-corrected chi connectivity index (χ4v) is 3.43. The number of halogens is 1. The van der Waals surface area contributed by atoms with Gasteiger partial charge >= 0.3 is 5.97 Å². The molecule has 0 bridgehead atoms. The molecule has 0 aliphatic rings. The Labute approximate surface area is 172 Å². The number of ether oxygens (including phenoxy) is 1. The zero-order valence-corrected chi connectivity index (χ0v) is 17.1. The van der Waals surface area contributed by atoms with Crippen molar-refractivity contribution in [3.05, 3.63) is 82.1 Å². The first-order valence-corrected chi connectivity index (χ1v) is 10.2. The van der Waals surface area contributed by atoms with Gasteiger partial charge in [0.2, 0.25) is 0 Å². The van der Waals surface area contributed by atoms with Crippen LogP contribution in [0, 0.1) is 6.92 Å². The summed E-state index contributed by atoms with van der Waals surface area (Å²) in [5.41, 5.74) is 2.15. The van der Waals surface area contributed by atoms with Gasteiger partial charge in [-0.1, -0.05) is 54.1 Å². The summed E-state index contributed by atoms with van der Waals surface area (Å²) in [4.78, 5) is 25.8. The lowest BCUT2D eigenvalue weighted by molar-refractivity contribution is 0.0474. The summed E-state index contributed by atoms with van der Waals surface area (Å²) in [6, 6.07) is 16.8. The summed E-state index contributed by atoms with van der Waals surface area (Å²) in [6.07, 6.45) is 1.96. The van der Waals surface area contributed by atoms with Gasteiger partial charge in [0.1, 0.15) is 10.7 Å². The fourth-order valence-electron chi connectivity index (χ4n) is 2.71. The van der Waals surface area contributed by atoms with Crippen LogP contribution in [0.15, 0.2) is 59.5 Å². The predicted octanol–water partition coefficient (Wildman–Crippen LogP) is 4.65. The average Bonchev–Trinajstić information content (AvgIpc) is 2.99. The van der Waals surface area contributed by atoms with Gasteiger partial charge in [0.15, 0.2) is 12.4 Å². The van der Waals surface area contributed by atoms with Crippen molar-refractivity contribution in [2.45, 2.75) is 18.4 Å². The summed E-state index contributed by atoms with van der Waals surface area (Å²) in [6.45, 7) is 1.78. The Morgan fingerprint density at radius 2 is 1.79 bits per heavy atom. The second-order valence-corrected chi connectivity index (χ2v) is 7.36. The van der Waals surface area contributed by atoms with E-state index in [1.54, 1.807) is 35.5 Å².